The van der Waals surface area contributed by atoms with Crippen LogP contribution in [0.3, 0.4) is 0 Å². The molecule has 0 saturated carbocycles. The van der Waals surface area contributed by atoms with Crippen molar-refractivity contribution in [3.05, 3.63) is 77.0 Å². The van der Waals surface area contributed by atoms with E-state index < -0.39 is 6.03 Å². The Bertz CT molecular complexity index is 794. The van der Waals surface area contributed by atoms with Gasteiger partial charge in [0.1, 0.15) is 0 Å². The maximum absolute atomic E-state index is 12.1. The SMILES string of the molecule is O=C(Nc1ccc(-n2cccc2)cc1)Nc1c(Cl)cccc1Cl. The fourth-order valence-corrected chi connectivity index (χ4v) is 2.61. The van der Waals surface area contributed by atoms with E-state index in [-0.39, 0.29) is 0 Å². The third-order valence-corrected chi connectivity index (χ3v) is 3.86. The van der Waals surface area contributed by atoms with Gasteiger partial charge in [0.15, 0.2) is 0 Å². The molecule has 2 amide bonds. The van der Waals surface area contributed by atoms with Crippen LogP contribution in [-0.4, -0.2) is 10.6 Å². The van der Waals surface area contributed by atoms with Crippen LogP contribution in [0.25, 0.3) is 5.69 Å². The molecule has 0 unspecified atom stereocenters. The number of benzene rings is 2. The van der Waals surface area contributed by atoms with Crippen molar-refractivity contribution in [2.24, 2.45) is 0 Å². The van der Waals surface area contributed by atoms with Crippen LogP contribution in [0.4, 0.5) is 16.2 Å². The number of nitrogens with one attached hydrogen (secondary N) is 2. The lowest BCUT2D eigenvalue weighted by molar-refractivity contribution is 0.262. The Morgan fingerprint density at radius 2 is 1.43 bits per heavy atom. The maximum atomic E-state index is 12.1. The van der Waals surface area contributed by atoms with Gasteiger partial charge in [0, 0.05) is 23.8 Å². The molecule has 1 heterocycles. The van der Waals surface area contributed by atoms with Crippen LogP contribution >= 0.6 is 23.2 Å². The summed E-state index contributed by atoms with van der Waals surface area (Å²) in [5.74, 6) is 0. The minimum Gasteiger partial charge on any atom is -0.324 e. The van der Waals surface area contributed by atoms with Gasteiger partial charge in [0.05, 0.1) is 15.7 Å². The second-order valence-corrected chi connectivity index (χ2v) is 5.63. The quantitative estimate of drug-likeness (QED) is 0.653. The van der Waals surface area contributed by atoms with Gasteiger partial charge in [0.2, 0.25) is 0 Å². The van der Waals surface area contributed by atoms with E-state index in [0.717, 1.165) is 5.69 Å². The number of carbonyl (C=O) groups is 1. The normalized spacial score (nSPS) is 10.3. The number of para-hydroxylation sites is 1. The summed E-state index contributed by atoms with van der Waals surface area (Å²) in [6.07, 6.45) is 3.91. The minimum absolute atomic E-state index is 0.385. The molecule has 0 radical (unpaired) electrons. The first-order valence-corrected chi connectivity index (χ1v) is 7.64. The first-order chi connectivity index (χ1) is 11.1. The molecule has 116 valence electrons. The van der Waals surface area contributed by atoms with Gasteiger partial charge in [-0.3, -0.25) is 0 Å². The lowest BCUT2D eigenvalue weighted by Gasteiger charge is -2.11. The van der Waals surface area contributed by atoms with Gasteiger partial charge in [-0.2, -0.15) is 0 Å². The fraction of sp³-hybridized carbons (Fsp3) is 0. The van der Waals surface area contributed by atoms with E-state index in [2.05, 4.69) is 10.6 Å². The summed E-state index contributed by atoms with van der Waals surface area (Å²) >= 11 is 12.0. The summed E-state index contributed by atoms with van der Waals surface area (Å²) in [5, 5.41) is 6.16. The van der Waals surface area contributed by atoms with Gasteiger partial charge in [-0.1, -0.05) is 29.3 Å². The standard InChI is InChI=1S/C17H13Cl2N3O/c18-14-4-3-5-15(19)16(14)21-17(23)20-12-6-8-13(9-7-12)22-10-1-2-11-22/h1-11H,(H2,20,21,23). The molecule has 1 aromatic heterocycles. The molecule has 0 atom stereocenters. The van der Waals surface area contributed by atoms with Crippen LogP contribution in [-0.2, 0) is 0 Å². The number of carbonyl (C=O) groups excluding carboxylic acids is 1. The molecular formula is C17H13Cl2N3O. The number of hydrogen-bond acceptors (Lipinski definition) is 1. The zero-order valence-electron chi connectivity index (χ0n) is 12.0. The van der Waals surface area contributed by atoms with Gasteiger partial charge in [-0.05, 0) is 48.5 Å². The molecule has 0 spiro atoms. The lowest BCUT2D eigenvalue weighted by Crippen LogP contribution is -2.19. The van der Waals surface area contributed by atoms with Crippen LogP contribution in [0.2, 0.25) is 10.0 Å². The van der Waals surface area contributed by atoms with E-state index >= 15 is 0 Å². The van der Waals surface area contributed by atoms with E-state index in [4.69, 9.17) is 23.2 Å². The zero-order chi connectivity index (χ0) is 16.2. The number of hydrogen-bond donors (Lipinski definition) is 2. The van der Waals surface area contributed by atoms with Gasteiger partial charge in [0.25, 0.3) is 0 Å². The third-order valence-electron chi connectivity index (χ3n) is 3.23. The third kappa shape index (κ3) is 3.67. The summed E-state index contributed by atoms with van der Waals surface area (Å²) < 4.78 is 1.98. The van der Waals surface area contributed by atoms with Crippen molar-refractivity contribution in [2.45, 2.75) is 0 Å². The molecule has 3 aromatic rings. The number of amides is 2. The molecule has 0 aliphatic carbocycles. The molecule has 0 saturated heterocycles. The molecule has 0 fully saturated rings. The van der Waals surface area contributed by atoms with Gasteiger partial charge >= 0.3 is 6.03 Å². The number of aromatic nitrogens is 1. The predicted molar refractivity (Wildman–Crippen MR) is 94.9 cm³/mol. The summed E-state index contributed by atoms with van der Waals surface area (Å²) in [6.45, 7) is 0. The van der Waals surface area contributed by atoms with Gasteiger partial charge < -0.3 is 15.2 Å². The van der Waals surface area contributed by atoms with Crippen molar-refractivity contribution >= 4 is 40.6 Å². The molecule has 23 heavy (non-hydrogen) atoms. The van der Waals surface area contributed by atoms with Crippen molar-refractivity contribution in [2.75, 3.05) is 10.6 Å². The Labute approximate surface area is 143 Å². The first kappa shape index (κ1) is 15.5. The Balaban J connectivity index is 1.68. The lowest BCUT2D eigenvalue weighted by atomic mass is 10.3. The summed E-state index contributed by atoms with van der Waals surface area (Å²) in [6, 6.07) is 16.0. The Morgan fingerprint density at radius 1 is 0.826 bits per heavy atom. The average Bonchev–Trinajstić information content (AvgIpc) is 3.06. The van der Waals surface area contributed by atoms with E-state index in [1.807, 2.05) is 53.4 Å². The zero-order valence-corrected chi connectivity index (χ0v) is 13.5. The van der Waals surface area contributed by atoms with Crippen molar-refractivity contribution < 1.29 is 4.79 Å². The number of rotatable bonds is 3. The summed E-state index contributed by atoms with van der Waals surface area (Å²) in [5.41, 5.74) is 2.06. The van der Waals surface area contributed by atoms with Crippen LogP contribution in [0.15, 0.2) is 67.0 Å². The molecule has 0 aliphatic rings. The highest BCUT2D eigenvalue weighted by Gasteiger charge is 2.09. The molecular weight excluding hydrogens is 333 g/mol. The fourth-order valence-electron chi connectivity index (χ4n) is 2.12. The summed E-state index contributed by atoms with van der Waals surface area (Å²) in [4.78, 5) is 12.1. The van der Waals surface area contributed by atoms with E-state index in [9.17, 15) is 4.79 Å². The van der Waals surface area contributed by atoms with Crippen molar-refractivity contribution in [3.8, 4) is 5.69 Å². The molecule has 0 aliphatic heterocycles. The van der Waals surface area contributed by atoms with Gasteiger partial charge in [-0.25, -0.2) is 4.79 Å². The van der Waals surface area contributed by atoms with Crippen LogP contribution < -0.4 is 10.6 Å². The van der Waals surface area contributed by atoms with E-state index in [0.29, 0.717) is 21.4 Å². The Kier molecular flexibility index (Phi) is 4.55. The van der Waals surface area contributed by atoms with Crippen molar-refractivity contribution in [1.29, 1.82) is 0 Å². The molecule has 3 rings (SSSR count). The number of urea groups is 1. The largest absolute Gasteiger partial charge is 0.324 e. The highest BCUT2D eigenvalue weighted by atomic mass is 35.5. The smallest absolute Gasteiger partial charge is 0.323 e. The van der Waals surface area contributed by atoms with Crippen LogP contribution in [0.1, 0.15) is 0 Å². The Morgan fingerprint density at radius 3 is 2.04 bits per heavy atom. The molecule has 6 heteroatoms. The predicted octanol–water partition coefficient (Wildman–Crippen LogP) is 5.43. The molecule has 0 bridgehead atoms. The maximum Gasteiger partial charge on any atom is 0.323 e. The Hall–Kier alpha value is -2.43. The van der Waals surface area contributed by atoms with Crippen LogP contribution in [0.5, 0.6) is 0 Å². The second-order valence-electron chi connectivity index (χ2n) is 4.81. The van der Waals surface area contributed by atoms with Crippen molar-refractivity contribution in [1.82, 2.24) is 4.57 Å². The molecule has 2 aromatic carbocycles. The number of anilines is 2. The first-order valence-electron chi connectivity index (χ1n) is 6.89. The highest BCUT2D eigenvalue weighted by Crippen LogP contribution is 2.29. The monoisotopic (exact) mass is 345 g/mol. The van der Waals surface area contributed by atoms with Gasteiger partial charge in [-0.15, -0.1) is 0 Å². The second kappa shape index (κ2) is 6.77. The molecule has 2 N–H and O–H groups in total. The van der Waals surface area contributed by atoms with E-state index in [1.165, 1.54) is 0 Å². The highest BCUT2D eigenvalue weighted by molar-refractivity contribution is 6.39. The van der Waals surface area contributed by atoms with Crippen molar-refractivity contribution in [3.63, 3.8) is 0 Å². The minimum atomic E-state index is -0.409. The average molecular weight is 346 g/mol. The van der Waals surface area contributed by atoms with E-state index in [1.54, 1.807) is 18.2 Å². The molecule has 4 nitrogen and oxygen atoms in total. The topological polar surface area (TPSA) is 46.1 Å². The number of halogens is 2. The summed E-state index contributed by atoms with van der Waals surface area (Å²) in [7, 11) is 0. The van der Waals surface area contributed by atoms with Crippen LogP contribution in [0, 0.1) is 0 Å². The number of nitrogens with zero attached hydrogens (tertiary/aromatic N) is 1.